The Labute approximate surface area is 103 Å². The van der Waals surface area contributed by atoms with Gasteiger partial charge in [0, 0.05) is 0 Å². The lowest BCUT2D eigenvalue weighted by Gasteiger charge is -1.99. The molecule has 3 heteroatoms. The monoisotopic (exact) mass is 235 g/mol. The maximum atomic E-state index is 10.8. The summed E-state index contributed by atoms with van der Waals surface area (Å²) in [6, 6.07) is 0. The Bertz CT molecular complexity index is 360. The van der Waals surface area contributed by atoms with E-state index in [9.17, 15) is 4.79 Å². The predicted molar refractivity (Wildman–Crippen MR) is 69.8 cm³/mol. The van der Waals surface area contributed by atoms with Gasteiger partial charge < -0.3 is 4.84 Å². The van der Waals surface area contributed by atoms with Gasteiger partial charge in [0.15, 0.2) is 0 Å². The molecule has 0 fully saturated rings. The minimum Gasteiger partial charge on any atom is -0.318 e. The molecular formula is C14H21NO2. The SMILES string of the molecule is CC(C)=CCC/C(C)=C/CCC1=NOC(=O)C1. The fourth-order valence-electron chi connectivity index (χ4n) is 1.66. The normalized spacial score (nSPS) is 15.6. The van der Waals surface area contributed by atoms with Gasteiger partial charge in [-0.15, -0.1) is 0 Å². The summed E-state index contributed by atoms with van der Waals surface area (Å²) in [5, 5.41) is 3.73. The van der Waals surface area contributed by atoms with E-state index in [0.29, 0.717) is 6.42 Å². The third kappa shape index (κ3) is 6.05. The van der Waals surface area contributed by atoms with Crippen LogP contribution in [-0.2, 0) is 9.63 Å². The number of hydrogen-bond acceptors (Lipinski definition) is 3. The summed E-state index contributed by atoms with van der Waals surface area (Å²) in [7, 11) is 0. The highest BCUT2D eigenvalue weighted by Crippen LogP contribution is 2.11. The van der Waals surface area contributed by atoms with Crippen LogP contribution in [-0.4, -0.2) is 11.7 Å². The number of oxime groups is 1. The lowest BCUT2D eigenvalue weighted by molar-refractivity contribution is -0.140. The van der Waals surface area contributed by atoms with Crippen LogP contribution >= 0.6 is 0 Å². The van der Waals surface area contributed by atoms with Crippen LogP contribution in [0.5, 0.6) is 0 Å². The molecule has 1 heterocycles. The second kappa shape index (κ2) is 7.05. The van der Waals surface area contributed by atoms with Crippen molar-refractivity contribution in [3.63, 3.8) is 0 Å². The highest BCUT2D eigenvalue weighted by atomic mass is 16.7. The fraction of sp³-hybridized carbons (Fsp3) is 0.571. The van der Waals surface area contributed by atoms with Gasteiger partial charge in [-0.3, -0.25) is 0 Å². The lowest BCUT2D eigenvalue weighted by Crippen LogP contribution is -1.97. The highest BCUT2D eigenvalue weighted by molar-refractivity contribution is 6.01. The maximum absolute atomic E-state index is 10.8. The van der Waals surface area contributed by atoms with Gasteiger partial charge in [-0.25, -0.2) is 4.79 Å². The summed E-state index contributed by atoms with van der Waals surface area (Å²) < 4.78 is 0. The van der Waals surface area contributed by atoms with E-state index in [4.69, 9.17) is 0 Å². The minimum absolute atomic E-state index is 0.232. The van der Waals surface area contributed by atoms with Crippen molar-refractivity contribution in [2.24, 2.45) is 5.16 Å². The first-order chi connectivity index (χ1) is 8.08. The molecular weight excluding hydrogens is 214 g/mol. The van der Waals surface area contributed by atoms with Crippen LogP contribution in [0.2, 0.25) is 0 Å². The van der Waals surface area contributed by atoms with Gasteiger partial charge in [-0.2, -0.15) is 0 Å². The van der Waals surface area contributed by atoms with Crippen LogP contribution in [0.15, 0.2) is 28.5 Å². The van der Waals surface area contributed by atoms with Crippen molar-refractivity contribution in [1.82, 2.24) is 0 Å². The van der Waals surface area contributed by atoms with Gasteiger partial charge in [0.1, 0.15) is 0 Å². The third-order valence-corrected chi connectivity index (χ3v) is 2.64. The second-order valence-corrected chi connectivity index (χ2v) is 4.71. The summed E-state index contributed by atoms with van der Waals surface area (Å²) in [6.45, 7) is 6.39. The van der Waals surface area contributed by atoms with Crippen LogP contribution < -0.4 is 0 Å². The van der Waals surface area contributed by atoms with Crippen molar-refractivity contribution >= 4 is 11.7 Å². The van der Waals surface area contributed by atoms with Gasteiger partial charge in [0.2, 0.25) is 0 Å². The Morgan fingerprint density at radius 1 is 1.29 bits per heavy atom. The number of allylic oxidation sites excluding steroid dienone is 4. The smallest absolute Gasteiger partial charge is 0.318 e. The molecule has 0 spiro atoms. The molecule has 0 amide bonds. The zero-order valence-corrected chi connectivity index (χ0v) is 11.0. The van der Waals surface area contributed by atoms with E-state index >= 15 is 0 Å². The highest BCUT2D eigenvalue weighted by Gasteiger charge is 2.15. The van der Waals surface area contributed by atoms with Gasteiger partial charge in [-0.05, 0) is 46.5 Å². The van der Waals surface area contributed by atoms with Crippen LogP contribution in [0, 0.1) is 0 Å². The van der Waals surface area contributed by atoms with Crippen molar-refractivity contribution in [3.05, 3.63) is 23.3 Å². The van der Waals surface area contributed by atoms with E-state index in [1.807, 2.05) is 0 Å². The Hall–Kier alpha value is -1.38. The number of hydrogen-bond donors (Lipinski definition) is 0. The first-order valence-electron chi connectivity index (χ1n) is 6.12. The van der Waals surface area contributed by atoms with Crippen LogP contribution in [0.25, 0.3) is 0 Å². The molecule has 0 aliphatic carbocycles. The molecule has 0 aromatic rings. The van der Waals surface area contributed by atoms with Crippen molar-refractivity contribution in [3.8, 4) is 0 Å². The van der Waals surface area contributed by atoms with E-state index < -0.39 is 0 Å². The molecule has 1 aliphatic heterocycles. The largest absolute Gasteiger partial charge is 0.340 e. The molecule has 17 heavy (non-hydrogen) atoms. The number of carbonyl (C=O) groups is 1. The third-order valence-electron chi connectivity index (χ3n) is 2.64. The Morgan fingerprint density at radius 3 is 2.65 bits per heavy atom. The molecule has 1 rings (SSSR count). The average Bonchev–Trinajstić information content (AvgIpc) is 2.63. The van der Waals surface area contributed by atoms with Crippen molar-refractivity contribution < 1.29 is 9.63 Å². The van der Waals surface area contributed by atoms with E-state index in [0.717, 1.165) is 31.4 Å². The summed E-state index contributed by atoms with van der Waals surface area (Å²) in [5.41, 5.74) is 3.63. The number of rotatable bonds is 6. The van der Waals surface area contributed by atoms with E-state index in [-0.39, 0.29) is 5.97 Å². The Balaban J connectivity index is 2.19. The zero-order chi connectivity index (χ0) is 12.7. The van der Waals surface area contributed by atoms with Gasteiger partial charge >= 0.3 is 5.97 Å². The van der Waals surface area contributed by atoms with Crippen LogP contribution in [0.1, 0.15) is 52.9 Å². The first kappa shape index (κ1) is 13.7. The fourth-order valence-corrected chi connectivity index (χ4v) is 1.66. The van der Waals surface area contributed by atoms with Gasteiger partial charge in [0.25, 0.3) is 0 Å². The summed E-state index contributed by atoms with van der Waals surface area (Å²) in [5.74, 6) is -0.232. The number of nitrogens with zero attached hydrogens (tertiary/aromatic N) is 1. The molecule has 1 aliphatic rings. The molecule has 0 N–H and O–H groups in total. The molecule has 0 aromatic carbocycles. The van der Waals surface area contributed by atoms with Gasteiger partial charge in [-0.1, -0.05) is 28.5 Å². The molecule has 0 saturated carbocycles. The molecule has 0 atom stereocenters. The summed E-state index contributed by atoms with van der Waals surface area (Å²) >= 11 is 0. The van der Waals surface area contributed by atoms with Crippen LogP contribution in [0.3, 0.4) is 0 Å². The lowest BCUT2D eigenvalue weighted by atomic mass is 10.1. The van der Waals surface area contributed by atoms with E-state index in [1.165, 1.54) is 11.1 Å². The van der Waals surface area contributed by atoms with E-state index in [2.05, 4.69) is 42.9 Å². The molecule has 0 bridgehead atoms. The number of carbonyl (C=O) groups excluding carboxylic acids is 1. The molecule has 0 aromatic heterocycles. The second-order valence-electron chi connectivity index (χ2n) is 4.71. The predicted octanol–water partition coefficient (Wildman–Crippen LogP) is 3.76. The topological polar surface area (TPSA) is 38.7 Å². The molecule has 94 valence electrons. The van der Waals surface area contributed by atoms with Crippen LogP contribution in [0.4, 0.5) is 0 Å². The van der Waals surface area contributed by atoms with Gasteiger partial charge in [0.05, 0.1) is 12.1 Å². The summed E-state index contributed by atoms with van der Waals surface area (Å²) in [4.78, 5) is 15.3. The molecule has 0 unspecified atom stereocenters. The van der Waals surface area contributed by atoms with Crippen molar-refractivity contribution in [1.29, 1.82) is 0 Å². The summed E-state index contributed by atoms with van der Waals surface area (Å²) in [6.07, 6.45) is 8.82. The van der Waals surface area contributed by atoms with Crippen molar-refractivity contribution in [2.75, 3.05) is 0 Å². The molecule has 0 saturated heterocycles. The Kier molecular flexibility index (Phi) is 5.67. The van der Waals surface area contributed by atoms with Crippen molar-refractivity contribution in [2.45, 2.75) is 52.9 Å². The molecule has 3 nitrogen and oxygen atoms in total. The standard InChI is InChI=1S/C14H21NO2/c1-11(2)6-4-7-12(3)8-5-9-13-10-14(16)17-15-13/h6,8H,4-5,7,9-10H2,1-3H3/b12-8+. The first-order valence-corrected chi connectivity index (χ1v) is 6.12. The quantitative estimate of drug-likeness (QED) is 0.519. The van der Waals surface area contributed by atoms with E-state index in [1.54, 1.807) is 0 Å². The minimum atomic E-state index is -0.232. The average molecular weight is 235 g/mol. The maximum Gasteiger partial charge on any atom is 0.340 e. The Morgan fingerprint density at radius 2 is 2.06 bits per heavy atom. The zero-order valence-electron chi connectivity index (χ0n) is 11.0. The molecule has 0 radical (unpaired) electrons.